The third-order valence-corrected chi connectivity index (χ3v) is 3.16. The average molecular weight is 268 g/mol. The molecule has 2 heterocycles. The van der Waals surface area contributed by atoms with Gasteiger partial charge in [-0.15, -0.1) is 0 Å². The van der Waals surface area contributed by atoms with Crippen LogP contribution in [-0.2, 0) is 0 Å². The molecule has 1 aromatic carbocycles. The minimum absolute atomic E-state index is 0.183. The van der Waals surface area contributed by atoms with Crippen LogP contribution in [0.3, 0.4) is 0 Å². The average Bonchev–Trinajstić information content (AvgIpc) is 3.02. The maximum atomic E-state index is 12.4. The summed E-state index contributed by atoms with van der Waals surface area (Å²) in [5, 5.41) is 2.59. The second kappa shape index (κ2) is 5.13. The largest absolute Gasteiger partial charge is 0.461 e. The third kappa shape index (κ3) is 2.25. The molecule has 2 amide bonds. The van der Waals surface area contributed by atoms with E-state index < -0.39 is 11.9 Å². The van der Waals surface area contributed by atoms with Crippen LogP contribution in [0, 0.1) is 5.92 Å². The van der Waals surface area contributed by atoms with E-state index in [1.807, 2.05) is 30.3 Å². The van der Waals surface area contributed by atoms with Crippen LogP contribution in [-0.4, -0.2) is 24.1 Å². The topological polar surface area (TPSA) is 71.7 Å². The molecule has 0 saturated heterocycles. The molecule has 20 heavy (non-hydrogen) atoms. The van der Waals surface area contributed by atoms with Gasteiger partial charge < -0.3 is 9.73 Å². The van der Waals surface area contributed by atoms with Gasteiger partial charge in [0.1, 0.15) is 0 Å². The van der Waals surface area contributed by atoms with Crippen molar-refractivity contribution >= 4 is 17.5 Å². The number of hydrogen-bond acceptors (Lipinski definition) is 3. The highest BCUT2D eigenvalue weighted by Gasteiger charge is 2.32. The molecule has 1 unspecified atom stereocenters. The molecule has 3 rings (SSSR count). The summed E-state index contributed by atoms with van der Waals surface area (Å²) in [6, 6.07) is 12.1. The van der Waals surface area contributed by atoms with Gasteiger partial charge in [0.05, 0.1) is 17.9 Å². The molecule has 1 aromatic heterocycles. The highest BCUT2D eigenvalue weighted by Crippen LogP contribution is 2.18. The van der Waals surface area contributed by atoms with Gasteiger partial charge in [-0.25, -0.2) is 4.79 Å². The maximum Gasteiger partial charge on any atom is 0.341 e. The summed E-state index contributed by atoms with van der Waals surface area (Å²) in [4.78, 5) is 27.9. The molecule has 0 fully saturated rings. The number of nitrogens with zero attached hydrogens (tertiary/aromatic N) is 1. The number of urea groups is 1. The molecule has 5 nitrogen and oxygen atoms in total. The third-order valence-electron chi connectivity index (χ3n) is 3.16. The van der Waals surface area contributed by atoms with E-state index in [4.69, 9.17) is 4.42 Å². The van der Waals surface area contributed by atoms with Gasteiger partial charge in [0, 0.05) is 6.54 Å². The Hall–Kier alpha value is -2.69. The zero-order valence-corrected chi connectivity index (χ0v) is 10.6. The number of amides is 2. The molecular formula is C15H12N2O3. The van der Waals surface area contributed by atoms with E-state index >= 15 is 0 Å². The van der Waals surface area contributed by atoms with Crippen LogP contribution < -0.4 is 5.32 Å². The SMILES string of the molecule is O=C1N=C(c2ccccc2)C(C(=O)c2ccco2)CN1. The lowest BCUT2D eigenvalue weighted by molar-refractivity contribution is 0.0926. The van der Waals surface area contributed by atoms with E-state index in [1.165, 1.54) is 6.26 Å². The number of benzene rings is 1. The van der Waals surface area contributed by atoms with E-state index in [-0.39, 0.29) is 18.1 Å². The maximum absolute atomic E-state index is 12.4. The summed E-state index contributed by atoms with van der Waals surface area (Å²) in [6.45, 7) is 0.228. The number of carbonyl (C=O) groups is 2. The molecule has 0 aliphatic carbocycles. The van der Waals surface area contributed by atoms with Gasteiger partial charge in [0.2, 0.25) is 5.78 Å². The van der Waals surface area contributed by atoms with Crippen LogP contribution >= 0.6 is 0 Å². The van der Waals surface area contributed by atoms with Crippen molar-refractivity contribution < 1.29 is 14.0 Å². The van der Waals surface area contributed by atoms with Crippen LogP contribution in [0.4, 0.5) is 4.79 Å². The van der Waals surface area contributed by atoms with Crippen molar-refractivity contribution in [3.63, 3.8) is 0 Å². The Bertz CT molecular complexity index is 660. The van der Waals surface area contributed by atoms with Crippen molar-refractivity contribution in [3.05, 3.63) is 60.1 Å². The minimum Gasteiger partial charge on any atom is -0.461 e. The number of rotatable bonds is 3. The molecule has 1 aliphatic heterocycles. The predicted octanol–water partition coefficient (Wildman–Crippen LogP) is 2.29. The molecule has 0 radical (unpaired) electrons. The first kappa shape index (κ1) is 12.3. The Balaban J connectivity index is 1.99. The Kier molecular flexibility index (Phi) is 3.16. The molecule has 1 N–H and O–H groups in total. The van der Waals surface area contributed by atoms with Crippen molar-refractivity contribution in [1.82, 2.24) is 5.32 Å². The van der Waals surface area contributed by atoms with Gasteiger partial charge in [-0.2, -0.15) is 4.99 Å². The standard InChI is InChI=1S/C15H12N2O3/c18-14(12-7-4-8-20-12)11-9-16-15(19)17-13(11)10-5-2-1-3-6-10/h1-8,11H,9H2,(H,16,19). The van der Waals surface area contributed by atoms with Gasteiger partial charge in [-0.05, 0) is 17.7 Å². The van der Waals surface area contributed by atoms with E-state index in [9.17, 15) is 9.59 Å². The molecular weight excluding hydrogens is 256 g/mol. The molecule has 2 aromatic rings. The number of ketones is 1. The zero-order valence-electron chi connectivity index (χ0n) is 10.6. The Morgan fingerprint density at radius 1 is 1.20 bits per heavy atom. The lowest BCUT2D eigenvalue weighted by atomic mass is 9.90. The normalized spacial score (nSPS) is 18.3. The molecule has 5 heteroatoms. The second-order valence-corrected chi connectivity index (χ2v) is 4.44. The molecule has 0 spiro atoms. The van der Waals surface area contributed by atoms with Gasteiger partial charge in [-0.3, -0.25) is 4.79 Å². The molecule has 100 valence electrons. The van der Waals surface area contributed by atoms with Gasteiger partial charge in [0.25, 0.3) is 0 Å². The van der Waals surface area contributed by atoms with E-state index in [1.54, 1.807) is 12.1 Å². The summed E-state index contributed by atoms with van der Waals surface area (Å²) < 4.78 is 5.14. The fourth-order valence-electron chi connectivity index (χ4n) is 2.19. The fraction of sp³-hybridized carbons (Fsp3) is 0.133. The van der Waals surface area contributed by atoms with Gasteiger partial charge >= 0.3 is 6.03 Å². The van der Waals surface area contributed by atoms with E-state index in [2.05, 4.69) is 10.3 Å². The van der Waals surface area contributed by atoms with Crippen molar-refractivity contribution in [2.45, 2.75) is 0 Å². The Morgan fingerprint density at radius 3 is 2.70 bits per heavy atom. The van der Waals surface area contributed by atoms with E-state index in [0.29, 0.717) is 5.71 Å². The number of carbonyl (C=O) groups excluding carboxylic acids is 2. The van der Waals surface area contributed by atoms with Crippen LogP contribution in [0.2, 0.25) is 0 Å². The van der Waals surface area contributed by atoms with Crippen molar-refractivity contribution in [3.8, 4) is 0 Å². The number of furan rings is 1. The number of aliphatic imine (C=N–C) groups is 1. The predicted molar refractivity (Wildman–Crippen MR) is 72.9 cm³/mol. The molecule has 0 saturated carbocycles. The first-order valence-electron chi connectivity index (χ1n) is 6.25. The van der Waals surface area contributed by atoms with Gasteiger partial charge in [-0.1, -0.05) is 30.3 Å². The zero-order chi connectivity index (χ0) is 13.9. The highest BCUT2D eigenvalue weighted by atomic mass is 16.3. The van der Waals surface area contributed by atoms with E-state index in [0.717, 1.165) is 5.56 Å². The highest BCUT2D eigenvalue weighted by molar-refractivity contribution is 6.21. The van der Waals surface area contributed by atoms with Crippen LogP contribution in [0.25, 0.3) is 0 Å². The van der Waals surface area contributed by atoms with Crippen molar-refractivity contribution in [1.29, 1.82) is 0 Å². The Morgan fingerprint density at radius 2 is 2.00 bits per heavy atom. The number of nitrogens with one attached hydrogen (secondary N) is 1. The summed E-state index contributed by atoms with van der Waals surface area (Å²) in [7, 11) is 0. The fourth-order valence-corrected chi connectivity index (χ4v) is 2.19. The van der Waals surface area contributed by atoms with Crippen molar-refractivity contribution in [2.24, 2.45) is 10.9 Å². The van der Waals surface area contributed by atoms with Gasteiger partial charge in [0.15, 0.2) is 5.76 Å². The summed E-state index contributed by atoms with van der Waals surface area (Å²) >= 11 is 0. The molecule has 0 bridgehead atoms. The summed E-state index contributed by atoms with van der Waals surface area (Å²) in [6.07, 6.45) is 1.45. The summed E-state index contributed by atoms with van der Waals surface area (Å²) in [5.74, 6) is -0.436. The Labute approximate surface area is 115 Å². The van der Waals surface area contributed by atoms with Crippen LogP contribution in [0.15, 0.2) is 58.1 Å². The molecule has 1 atom stereocenters. The summed E-state index contributed by atoms with van der Waals surface area (Å²) in [5.41, 5.74) is 1.25. The monoisotopic (exact) mass is 268 g/mol. The van der Waals surface area contributed by atoms with Crippen LogP contribution in [0.1, 0.15) is 16.1 Å². The lowest BCUT2D eigenvalue weighted by Gasteiger charge is -2.21. The van der Waals surface area contributed by atoms with Crippen molar-refractivity contribution in [2.75, 3.05) is 6.54 Å². The minimum atomic E-state index is -0.527. The number of Topliss-reactive ketones (excluding diaryl/α,β-unsaturated/α-hetero) is 1. The van der Waals surface area contributed by atoms with Crippen LogP contribution in [0.5, 0.6) is 0 Å². The second-order valence-electron chi connectivity index (χ2n) is 4.44. The molecule has 1 aliphatic rings. The first-order valence-corrected chi connectivity index (χ1v) is 6.25. The quantitative estimate of drug-likeness (QED) is 0.868. The first-order chi connectivity index (χ1) is 9.75. The lowest BCUT2D eigenvalue weighted by Crippen LogP contribution is -2.42. The number of hydrogen-bond donors (Lipinski definition) is 1. The smallest absolute Gasteiger partial charge is 0.341 e.